The maximum absolute atomic E-state index is 13.1. The van der Waals surface area contributed by atoms with Gasteiger partial charge in [0, 0.05) is 72.6 Å². The van der Waals surface area contributed by atoms with Crippen LogP contribution < -0.4 is 15.0 Å². The molecule has 3 aromatic rings. The van der Waals surface area contributed by atoms with Crippen LogP contribution in [0.1, 0.15) is 115 Å². The average Bonchev–Trinajstić information content (AvgIpc) is 1.61. The predicted molar refractivity (Wildman–Crippen MR) is 320 cm³/mol. The molecule has 3 aromatic carbocycles. The number of anilines is 1. The minimum atomic E-state index is -4.63. The van der Waals surface area contributed by atoms with E-state index < -0.39 is 138 Å². The number of nitrogens with zero attached hydrogens (tertiary/aromatic N) is 2. The Hall–Kier alpha value is -6.40. The number of rotatable bonds is 31. The zero-order chi connectivity index (χ0) is 64.7. The number of hydrogen-bond acceptors (Lipinski definition) is 15. The number of ether oxygens (including phenoxy) is 1. The molecule has 1 amide bonds. The molecule has 30 heteroatoms. The summed E-state index contributed by atoms with van der Waals surface area (Å²) in [6.45, 7) is 7.92. The molecule has 87 heavy (non-hydrogen) atoms. The van der Waals surface area contributed by atoms with Crippen molar-refractivity contribution >= 4 is 88.7 Å². The van der Waals surface area contributed by atoms with Crippen LogP contribution in [0.5, 0.6) is 5.75 Å². The van der Waals surface area contributed by atoms with Gasteiger partial charge in [0.05, 0.1) is 32.6 Å². The van der Waals surface area contributed by atoms with Gasteiger partial charge in [-0.2, -0.15) is 38.2 Å². The van der Waals surface area contributed by atoms with Crippen molar-refractivity contribution in [2.45, 2.75) is 131 Å². The molecule has 1 aliphatic carbocycles. The summed E-state index contributed by atoms with van der Waals surface area (Å²) in [5, 5.41) is 30.6. The number of unbranched alkanes of at least 4 members (excludes halogenated alkanes) is 2. The van der Waals surface area contributed by atoms with Crippen LogP contribution >= 0.6 is 7.37 Å². The molecule has 0 saturated carbocycles. The van der Waals surface area contributed by atoms with Crippen LogP contribution in [-0.2, 0) is 81.5 Å². The fourth-order valence-electron chi connectivity index (χ4n) is 10.9. The summed E-state index contributed by atoms with van der Waals surface area (Å²) in [5.74, 6) is -6.70. The number of allylic oxidation sites excluding steroid dienone is 7. The summed E-state index contributed by atoms with van der Waals surface area (Å²) in [6, 6.07) is 13.4. The van der Waals surface area contributed by atoms with Gasteiger partial charge < -0.3 is 35.2 Å². The monoisotopic (exact) mass is 1310 g/mol. The third kappa shape index (κ3) is 19.1. The number of aryl methyl sites for hydroxylation is 1. The van der Waals surface area contributed by atoms with Crippen LogP contribution in [0.15, 0.2) is 117 Å². The Bertz CT molecular complexity index is 3850. The van der Waals surface area contributed by atoms with E-state index in [0.717, 1.165) is 0 Å². The van der Waals surface area contributed by atoms with E-state index >= 15 is 0 Å². The highest BCUT2D eigenvalue weighted by molar-refractivity contribution is 7.86. The Kier molecular flexibility index (Phi) is 22.4. The second-order valence-electron chi connectivity index (χ2n) is 22.7. The van der Waals surface area contributed by atoms with Crippen LogP contribution in [0.2, 0.25) is 0 Å². The highest BCUT2D eigenvalue weighted by atomic mass is 32.2. The molecule has 0 radical (unpaired) electrons. The standard InChI is InChI=1S/C57H72N3O22PS4/c1-56(2)44-34-42(86(76,77)78)20-22-47(44)59(29-5-7-32-84(70,71)72)49(56)24-15-38-10-9-11-39(16-25-50-57(3,4)45-35-43(87(79,80)81)21-23-48(45)60(50)30-6-8-33-85(73,74)75)53(38)82-41-18-12-37(13-19-41)14-26-51(61)58-46(55(66)67)28-31-83(68,69)36-40(54(64)65)17-27-52(62)63/h12-13,15-16,18-25,34-35,40,46H,5-11,14,17,26-33,36H2,1-4H3,(H8-,58,61,62,63,64,65,66,67,68,69,70,71,72,73,74,75,76,77,78,79,80,81)/p+1. The number of benzene rings is 3. The van der Waals surface area contributed by atoms with Gasteiger partial charge in [0.15, 0.2) is 5.71 Å². The number of carbonyl (C=O) groups excluding carboxylic acids is 1. The van der Waals surface area contributed by atoms with Gasteiger partial charge in [-0.3, -0.25) is 37.2 Å². The lowest BCUT2D eigenvalue weighted by Crippen LogP contribution is -2.41. The fraction of sp³-hybridized carbons (Fsp3) is 0.456. The first-order valence-corrected chi connectivity index (χ1v) is 35.8. The van der Waals surface area contributed by atoms with Gasteiger partial charge in [-0.05, 0) is 149 Å². The zero-order valence-corrected chi connectivity index (χ0v) is 52.4. The number of fused-ring (bicyclic) bond motifs is 2. The number of carbonyl (C=O) groups is 4. The second-order valence-corrected chi connectivity index (χ2v) is 31.2. The number of carboxylic acid groups (broad SMARTS) is 3. The number of amides is 1. The first-order valence-electron chi connectivity index (χ1n) is 27.7. The van der Waals surface area contributed by atoms with E-state index in [1.54, 1.807) is 36.4 Å². The molecular formula is C57H73N3O22PS4+. The summed E-state index contributed by atoms with van der Waals surface area (Å²) in [5.41, 5.74) is 3.79. The van der Waals surface area contributed by atoms with E-state index in [-0.39, 0.29) is 61.4 Å². The van der Waals surface area contributed by atoms with E-state index in [0.29, 0.717) is 81.4 Å². The van der Waals surface area contributed by atoms with Crippen LogP contribution in [0, 0.1) is 5.92 Å². The quantitative estimate of drug-likeness (QED) is 0.0132. The van der Waals surface area contributed by atoms with Crippen LogP contribution in [0.25, 0.3) is 0 Å². The highest BCUT2D eigenvalue weighted by Gasteiger charge is 2.45. The van der Waals surface area contributed by atoms with E-state index in [1.165, 1.54) is 24.3 Å². The van der Waals surface area contributed by atoms with Crippen molar-refractivity contribution in [1.29, 1.82) is 0 Å². The van der Waals surface area contributed by atoms with Gasteiger partial charge in [0.2, 0.25) is 19.0 Å². The first-order chi connectivity index (χ1) is 40.3. The molecule has 0 spiro atoms. The summed E-state index contributed by atoms with van der Waals surface area (Å²) in [6.07, 6.45) is 6.63. The molecule has 2 aliphatic heterocycles. The molecule has 476 valence electrons. The van der Waals surface area contributed by atoms with E-state index in [9.17, 15) is 90.7 Å². The normalized spacial score (nSPS) is 18.4. The largest absolute Gasteiger partial charge is 0.481 e. The smallest absolute Gasteiger partial charge is 0.326 e. The highest BCUT2D eigenvalue weighted by Crippen LogP contribution is 2.50. The van der Waals surface area contributed by atoms with Crippen molar-refractivity contribution < 1.29 is 105 Å². The zero-order valence-electron chi connectivity index (χ0n) is 48.2. The van der Waals surface area contributed by atoms with Gasteiger partial charge in [-0.15, -0.1) is 0 Å². The predicted octanol–water partition coefficient (Wildman–Crippen LogP) is 7.30. The van der Waals surface area contributed by atoms with Crippen molar-refractivity contribution in [2.75, 3.05) is 41.8 Å². The second kappa shape index (κ2) is 28.0. The molecule has 3 atom stereocenters. The minimum Gasteiger partial charge on any atom is -0.481 e. The topological polar surface area (TPSA) is 411 Å². The first kappa shape index (κ1) is 69.7. The molecule has 0 aromatic heterocycles. The lowest BCUT2D eigenvalue weighted by atomic mass is 9.81. The molecule has 3 unspecified atom stereocenters. The van der Waals surface area contributed by atoms with E-state index in [1.807, 2.05) is 61.5 Å². The summed E-state index contributed by atoms with van der Waals surface area (Å²) >= 11 is 0. The Morgan fingerprint density at radius 3 is 1.92 bits per heavy atom. The minimum absolute atomic E-state index is 0.0944. The Labute approximate surface area is 505 Å². The van der Waals surface area contributed by atoms with Gasteiger partial charge >= 0.3 is 17.9 Å². The van der Waals surface area contributed by atoms with Gasteiger partial charge in [0.25, 0.3) is 40.5 Å². The van der Waals surface area contributed by atoms with Crippen LogP contribution in [-0.4, -0.2) is 149 Å². The Morgan fingerprint density at radius 2 is 1.33 bits per heavy atom. The molecule has 6 rings (SSSR count). The molecule has 0 fully saturated rings. The Balaban J connectivity index is 1.36. The van der Waals surface area contributed by atoms with Crippen molar-refractivity contribution in [3.8, 4) is 5.75 Å². The van der Waals surface area contributed by atoms with Crippen molar-refractivity contribution in [2.24, 2.45) is 5.92 Å². The van der Waals surface area contributed by atoms with Gasteiger partial charge in [-0.1, -0.05) is 32.1 Å². The Morgan fingerprint density at radius 1 is 0.724 bits per heavy atom. The van der Waals surface area contributed by atoms with Crippen molar-refractivity contribution in [3.05, 3.63) is 124 Å². The molecule has 2 heterocycles. The van der Waals surface area contributed by atoms with Crippen LogP contribution in [0.4, 0.5) is 11.4 Å². The maximum atomic E-state index is 13.1. The molecule has 25 nitrogen and oxygen atoms in total. The molecule has 9 N–H and O–H groups in total. The third-order valence-electron chi connectivity index (χ3n) is 15.5. The lowest BCUT2D eigenvalue weighted by Gasteiger charge is -2.27. The molecule has 0 saturated heterocycles. The van der Waals surface area contributed by atoms with Crippen LogP contribution in [0.3, 0.4) is 0 Å². The summed E-state index contributed by atoms with van der Waals surface area (Å²) in [7, 11) is -22.1. The molecular weight excluding hydrogens is 1240 g/mol. The molecule has 0 bridgehead atoms. The maximum Gasteiger partial charge on any atom is 0.326 e. The van der Waals surface area contributed by atoms with E-state index in [2.05, 4.69) is 5.32 Å². The molecule has 3 aliphatic rings. The SMILES string of the molecule is CC1(C)C(/C=C/C2=C(Oc3ccc(CCC(=O)NC(CCP(=O)(O)CC(CCC(=O)O)C(=O)O)C(=O)O)cc3)C(=C\C=C3/N(CCCCS(=O)(=O)O)c4ccc(S(=O)(=O)O)cc4C3(C)C)/CCC2)=[N+](CCCCS(=O)(=O)O)c2ccc(S(=O)(=O)O)cc21. The number of aliphatic carboxylic acids is 3. The number of carboxylic acids is 3. The van der Waals surface area contributed by atoms with Gasteiger partial charge in [-0.25, -0.2) is 4.79 Å². The summed E-state index contributed by atoms with van der Waals surface area (Å²) in [4.78, 5) is 59.6. The summed E-state index contributed by atoms with van der Waals surface area (Å²) < 4.78 is 157. The third-order valence-corrected chi connectivity index (χ3v) is 20.8. The van der Waals surface area contributed by atoms with Gasteiger partial charge in [0.1, 0.15) is 24.1 Å². The van der Waals surface area contributed by atoms with Crippen molar-refractivity contribution in [1.82, 2.24) is 5.32 Å². The lowest BCUT2D eigenvalue weighted by molar-refractivity contribution is -0.438. The van der Waals surface area contributed by atoms with E-state index in [4.69, 9.17) is 9.84 Å². The fourth-order valence-corrected chi connectivity index (χ4v) is 14.9. The van der Waals surface area contributed by atoms with Crippen molar-refractivity contribution in [3.63, 3.8) is 0 Å². The number of nitrogens with one attached hydrogen (secondary N) is 1. The number of hydrogen-bond donors (Lipinski definition) is 9. The average molecular weight is 1310 g/mol.